The third-order valence-corrected chi connectivity index (χ3v) is 5.69. The molecule has 0 spiro atoms. The fourth-order valence-electron chi connectivity index (χ4n) is 3.37. The second-order valence-corrected chi connectivity index (χ2v) is 8.61. The molecule has 0 saturated heterocycles. The number of nitrogens with one attached hydrogen (secondary N) is 1. The number of amides is 1. The predicted octanol–water partition coefficient (Wildman–Crippen LogP) is 6.39. The molecule has 1 heterocycles. The monoisotopic (exact) mass is 506 g/mol. The van der Waals surface area contributed by atoms with Gasteiger partial charge in [-0.15, -0.1) is 0 Å². The van der Waals surface area contributed by atoms with Gasteiger partial charge < -0.3 is 10.1 Å². The second-order valence-electron chi connectivity index (χ2n) is 8.20. The fourth-order valence-corrected chi connectivity index (χ4v) is 3.55. The number of nitrogens with zero attached hydrogens (tertiary/aromatic N) is 1. The molecule has 1 amide bonds. The number of alkyl halides is 3. The largest absolute Gasteiger partial charge is 0.454 e. The predicted molar refractivity (Wildman–Crippen MR) is 121 cm³/mol. The summed E-state index contributed by atoms with van der Waals surface area (Å²) < 4.78 is 59.0. The van der Waals surface area contributed by atoms with Crippen molar-refractivity contribution in [3.8, 4) is 11.5 Å². The molecule has 0 radical (unpaired) electrons. The van der Waals surface area contributed by atoms with Crippen LogP contribution in [-0.2, 0) is 28.6 Å². The minimum Gasteiger partial charge on any atom is -0.454 e. The minimum absolute atomic E-state index is 0.00122. The van der Waals surface area contributed by atoms with Gasteiger partial charge in [-0.3, -0.25) is 9.59 Å². The third kappa shape index (κ3) is 6.57. The van der Waals surface area contributed by atoms with Crippen molar-refractivity contribution in [1.29, 1.82) is 0 Å². The number of aromatic nitrogens is 1. The molecule has 10 heteroatoms. The molecule has 1 aromatic heterocycles. The van der Waals surface area contributed by atoms with E-state index in [1.54, 1.807) is 0 Å². The lowest BCUT2D eigenvalue weighted by Crippen LogP contribution is -2.14. The van der Waals surface area contributed by atoms with E-state index in [1.165, 1.54) is 30.5 Å². The van der Waals surface area contributed by atoms with E-state index in [0.29, 0.717) is 5.56 Å². The maximum absolute atomic E-state index is 14.6. The summed E-state index contributed by atoms with van der Waals surface area (Å²) in [5, 5.41) is 2.73. The molecule has 3 aromatic rings. The Morgan fingerprint density at radius 1 is 1.06 bits per heavy atom. The molecule has 4 rings (SSSR count). The molecule has 5 nitrogen and oxygen atoms in total. The van der Waals surface area contributed by atoms with Crippen LogP contribution in [0.1, 0.15) is 29.5 Å². The van der Waals surface area contributed by atoms with Gasteiger partial charge in [-0.2, -0.15) is 13.2 Å². The molecular formula is C25H19ClF4N2O3. The summed E-state index contributed by atoms with van der Waals surface area (Å²) in [6.45, 7) is 0. The van der Waals surface area contributed by atoms with Gasteiger partial charge in [0.2, 0.25) is 5.91 Å². The van der Waals surface area contributed by atoms with Gasteiger partial charge >= 0.3 is 6.18 Å². The third-order valence-electron chi connectivity index (χ3n) is 5.32. The summed E-state index contributed by atoms with van der Waals surface area (Å²) in [5.41, 5.74) is -0.520. The average molecular weight is 507 g/mol. The first-order chi connectivity index (χ1) is 16.6. The molecule has 0 atom stereocenters. The quantitative estimate of drug-likeness (QED) is 0.360. The van der Waals surface area contributed by atoms with Gasteiger partial charge in [0, 0.05) is 36.0 Å². The highest BCUT2D eigenvalue weighted by atomic mass is 35.5. The second kappa shape index (κ2) is 10.0. The molecule has 182 valence electrons. The highest BCUT2D eigenvalue weighted by molar-refractivity contribution is 6.31. The van der Waals surface area contributed by atoms with Gasteiger partial charge in [-0.25, -0.2) is 9.37 Å². The number of rotatable bonds is 8. The normalized spacial score (nSPS) is 13.4. The molecule has 1 aliphatic rings. The molecule has 2 aromatic carbocycles. The Morgan fingerprint density at radius 2 is 1.83 bits per heavy atom. The van der Waals surface area contributed by atoms with Crippen LogP contribution in [0, 0.1) is 11.7 Å². The van der Waals surface area contributed by atoms with E-state index in [1.807, 2.05) is 0 Å². The van der Waals surface area contributed by atoms with Crippen molar-refractivity contribution >= 4 is 29.1 Å². The van der Waals surface area contributed by atoms with Crippen LogP contribution in [0.25, 0.3) is 0 Å². The maximum Gasteiger partial charge on any atom is 0.416 e. The number of pyridine rings is 1. The molecule has 0 unspecified atom stereocenters. The van der Waals surface area contributed by atoms with Crippen molar-refractivity contribution < 1.29 is 31.9 Å². The number of hydrogen-bond acceptors (Lipinski definition) is 4. The Hall–Kier alpha value is -3.46. The first-order valence-electron chi connectivity index (χ1n) is 10.7. The number of Topliss-reactive ketones (excluding diaryl/α,β-unsaturated/α-hetero) is 1. The Kier molecular flexibility index (Phi) is 7.07. The number of ether oxygens (including phenoxy) is 1. The Bertz CT molecular complexity index is 1280. The molecule has 0 bridgehead atoms. The van der Waals surface area contributed by atoms with Crippen LogP contribution in [0.2, 0.25) is 5.02 Å². The lowest BCUT2D eigenvalue weighted by atomic mass is 10.0. The van der Waals surface area contributed by atoms with Crippen LogP contribution in [0.5, 0.6) is 11.5 Å². The maximum atomic E-state index is 14.6. The van der Waals surface area contributed by atoms with E-state index in [0.717, 1.165) is 37.1 Å². The van der Waals surface area contributed by atoms with Crippen molar-refractivity contribution in [2.45, 2.75) is 31.9 Å². The number of anilines is 1. The molecule has 0 aliphatic heterocycles. The summed E-state index contributed by atoms with van der Waals surface area (Å²) in [5.74, 6) is -0.840. The van der Waals surface area contributed by atoms with Gasteiger partial charge in [-0.1, -0.05) is 17.7 Å². The van der Waals surface area contributed by atoms with E-state index in [2.05, 4.69) is 10.3 Å². The highest BCUT2D eigenvalue weighted by Gasteiger charge is 2.31. The number of carbonyl (C=O) groups excluding carboxylic acids is 2. The first kappa shape index (κ1) is 24.7. The summed E-state index contributed by atoms with van der Waals surface area (Å²) in [4.78, 5) is 28.4. The van der Waals surface area contributed by atoms with Crippen molar-refractivity contribution in [1.82, 2.24) is 4.98 Å². The SMILES string of the molecule is O=C(Cc1ccc(Oc2ccnc(NC(=O)C3CC3)c2)c(F)c1)Cc1cc(C(F)(F)F)ccc1Cl. The zero-order valence-corrected chi connectivity index (χ0v) is 18.9. The van der Waals surface area contributed by atoms with Crippen LogP contribution in [-0.4, -0.2) is 16.7 Å². The van der Waals surface area contributed by atoms with Gasteiger partial charge in [0.1, 0.15) is 17.4 Å². The Morgan fingerprint density at radius 3 is 2.51 bits per heavy atom. The molecule has 1 N–H and O–H groups in total. The number of benzene rings is 2. The van der Waals surface area contributed by atoms with E-state index < -0.39 is 23.3 Å². The zero-order chi connectivity index (χ0) is 25.2. The number of carbonyl (C=O) groups is 2. The highest BCUT2D eigenvalue weighted by Crippen LogP contribution is 2.33. The van der Waals surface area contributed by atoms with Crippen molar-refractivity contribution in [2.75, 3.05) is 5.32 Å². The fraction of sp³-hybridized carbons (Fsp3) is 0.240. The van der Waals surface area contributed by atoms with Gasteiger partial charge in [-0.05, 0) is 60.4 Å². The summed E-state index contributed by atoms with van der Waals surface area (Å²) in [6.07, 6.45) is -1.98. The summed E-state index contributed by atoms with van der Waals surface area (Å²) >= 11 is 5.95. The van der Waals surface area contributed by atoms with Crippen LogP contribution in [0.15, 0.2) is 54.7 Å². The smallest absolute Gasteiger partial charge is 0.416 e. The van der Waals surface area contributed by atoms with Gasteiger partial charge in [0.05, 0.1) is 5.56 Å². The van der Waals surface area contributed by atoms with Gasteiger partial charge in [0.25, 0.3) is 0 Å². The van der Waals surface area contributed by atoms with Crippen LogP contribution in [0.3, 0.4) is 0 Å². The van der Waals surface area contributed by atoms with E-state index >= 15 is 0 Å². The van der Waals surface area contributed by atoms with Crippen LogP contribution >= 0.6 is 11.6 Å². The molecule has 35 heavy (non-hydrogen) atoms. The minimum atomic E-state index is -4.56. The van der Waals surface area contributed by atoms with Crippen LogP contribution < -0.4 is 10.1 Å². The average Bonchev–Trinajstić information content (AvgIpc) is 3.62. The molecular weight excluding hydrogens is 488 g/mol. The molecule has 1 fully saturated rings. The zero-order valence-electron chi connectivity index (χ0n) is 18.2. The number of halogens is 5. The van der Waals surface area contributed by atoms with Crippen molar-refractivity contribution in [2.24, 2.45) is 5.92 Å². The van der Waals surface area contributed by atoms with Crippen molar-refractivity contribution in [3.63, 3.8) is 0 Å². The topological polar surface area (TPSA) is 68.3 Å². The lowest BCUT2D eigenvalue weighted by Gasteiger charge is -2.11. The number of ketones is 1. The Labute approximate surface area is 203 Å². The standard InChI is InChI=1S/C25H19ClF4N2O3/c26-20-5-4-17(25(28,29)30)11-16(20)12-18(33)9-14-1-6-22(21(27)10-14)35-19-7-8-31-23(13-19)32-24(34)15-2-3-15/h1,4-8,10-11,13,15H,2-3,9,12H2,(H,31,32,34). The number of hydrogen-bond donors (Lipinski definition) is 1. The van der Waals surface area contributed by atoms with E-state index in [4.69, 9.17) is 16.3 Å². The first-order valence-corrected chi connectivity index (χ1v) is 11.1. The molecule has 1 aliphatic carbocycles. The molecule has 1 saturated carbocycles. The van der Waals surface area contributed by atoms with E-state index in [9.17, 15) is 27.2 Å². The van der Waals surface area contributed by atoms with Gasteiger partial charge in [0.15, 0.2) is 11.6 Å². The summed E-state index contributed by atoms with van der Waals surface area (Å²) in [7, 11) is 0. The van der Waals surface area contributed by atoms with E-state index in [-0.39, 0.29) is 52.6 Å². The Balaban J connectivity index is 1.40. The lowest BCUT2D eigenvalue weighted by molar-refractivity contribution is -0.137. The van der Waals surface area contributed by atoms with Crippen molar-refractivity contribution in [3.05, 3.63) is 82.3 Å². The summed E-state index contributed by atoms with van der Waals surface area (Å²) in [6, 6.07) is 9.71. The van der Waals surface area contributed by atoms with Crippen LogP contribution in [0.4, 0.5) is 23.4 Å².